The lowest BCUT2D eigenvalue weighted by Gasteiger charge is -2.21. The lowest BCUT2D eigenvalue weighted by molar-refractivity contribution is 0.277. The molecule has 0 radical (unpaired) electrons. The number of nitrogens with zero attached hydrogens (tertiary/aromatic N) is 2. The van der Waals surface area contributed by atoms with Crippen LogP contribution in [-0.2, 0) is 16.6 Å². The van der Waals surface area contributed by atoms with Gasteiger partial charge in [-0.3, -0.25) is 5.10 Å². The highest BCUT2D eigenvalue weighted by molar-refractivity contribution is 7.89. The van der Waals surface area contributed by atoms with E-state index in [1.165, 1.54) is 10.5 Å². The van der Waals surface area contributed by atoms with E-state index in [9.17, 15) is 8.42 Å². The molecule has 1 aromatic heterocycles. The number of H-pyrrole nitrogens is 1. The minimum absolute atomic E-state index is 0.0116. The van der Waals surface area contributed by atoms with Gasteiger partial charge in [-0.15, -0.1) is 0 Å². The molecule has 0 spiro atoms. The van der Waals surface area contributed by atoms with Crippen molar-refractivity contribution < 1.29 is 13.5 Å². The molecule has 7 heteroatoms. The zero-order chi connectivity index (χ0) is 13.1. The molecular weight excluding hydrogens is 242 g/mol. The predicted octanol–water partition coefficient (Wildman–Crippen LogP) is 0.569. The van der Waals surface area contributed by atoms with Crippen molar-refractivity contribution >= 4 is 10.0 Å². The van der Waals surface area contributed by atoms with Crippen molar-refractivity contribution in [2.24, 2.45) is 5.92 Å². The van der Waals surface area contributed by atoms with Crippen LogP contribution in [0.25, 0.3) is 0 Å². The third-order valence-electron chi connectivity index (χ3n) is 2.37. The fourth-order valence-electron chi connectivity index (χ4n) is 1.57. The average molecular weight is 261 g/mol. The Hall–Kier alpha value is -0.920. The molecule has 0 aromatic carbocycles. The van der Waals surface area contributed by atoms with Crippen molar-refractivity contribution in [2.75, 3.05) is 13.1 Å². The minimum Gasteiger partial charge on any atom is -0.392 e. The van der Waals surface area contributed by atoms with Crippen LogP contribution in [0, 0.1) is 5.92 Å². The highest BCUT2D eigenvalue weighted by Gasteiger charge is 2.27. The molecular formula is C10H19N3O3S. The fraction of sp³-hybridized carbons (Fsp3) is 0.700. The number of rotatable bonds is 6. The molecule has 0 saturated heterocycles. The number of aliphatic hydroxyl groups is 1. The van der Waals surface area contributed by atoms with Crippen LogP contribution in [0.4, 0.5) is 0 Å². The molecule has 1 aromatic rings. The van der Waals surface area contributed by atoms with Gasteiger partial charge in [0.2, 0.25) is 0 Å². The summed E-state index contributed by atoms with van der Waals surface area (Å²) in [4.78, 5) is 0. The first kappa shape index (κ1) is 14.1. The van der Waals surface area contributed by atoms with Crippen LogP contribution in [0.15, 0.2) is 11.2 Å². The highest BCUT2D eigenvalue weighted by Crippen LogP contribution is 2.18. The number of aromatic amines is 1. The summed E-state index contributed by atoms with van der Waals surface area (Å²) in [5.41, 5.74) is 0.298. The van der Waals surface area contributed by atoms with Crippen molar-refractivity contribution in [3.63, 3.8) is 0 Å². The summed E-state index contributed by atoms with van der Waals surface area (Å²) in [6.45, 7) is 6.20. The summed E-state index contributed by atoms with van der Waals surface area (Å²) in [5, 5.41) is 15.2. The van der Waals surface area contributed by atoms with Gasteiger partial charge in [-0.2, -0.15) is 9.40 Å². The smallest absolute Gasteiger partial charge is 0.260 e. The quantitative estimate of drug-likeness (QED) is 0.783. The van der Waals surface area contributed by atoms with Crippen LogP contribution in [0.3, 0.4) is 0 Å². The molecule has 6 nitrogen and oxygen atoms in total. The zero-order valence-corrected chi connectivity index (χ0v) is 11.2. The van der Waals surface area contributed by atoms with E-state index in [4.69, 9.17) is 5.11 Å². The molecule has 1 heterocycles. The number of nitrogens with one attached hydrogen (secondary N) is 1. The number of sulfonamides is 1. The molecule has 0 atom stereocenters. The maximum atomic E-state index is 12.3. The summed E-state index contributed by atoms with van der Waals surface area (Å²) in [6, 6.07) is 0. The predicted molar refractivity (Wildman–Crippen MR) is 63.8 cm³/mol. The molecule has 0 saturated carbocycles. The van der Waals surface area contributed by atoms with Gasteiger partial charge in [0.15, 0.2) is 5.03 Å². The van der Waals surface area contributed by atoms with E-state index in [0.29, 0.717) is 18.7 Å². The molecule has 98 valence electrons. The van der Waals surface area contributed by atoms with Gasteiger partial charge in [0.25, 0.3) is 10.0 Å². The van der Waals surface area contributed by atoms with Gasteiger partial charge < -0.3 is 5.11 Å². The molecule has 0 unspecified atom stereocenters. The molecule has 0 aliphatic heterocycles. The Morgan fingerprint density at radius 1 is 1.53 bits per heavy atom. The Morgan fingerprint density at radius 2 is 2.18 bits per heavy atom. The molecule has 0 aliphatic rings. The fourth-order valence-corrected chi connectivity index (χ4v) is 3.28. The van der Waals surface area contributed by atoms with Gasteiger partial charge in [0, 0.05) is 18.7 Å². The number of aromatic nitrogens is 2. The molecule has 0 fully saturated rings. The summed E-state index contributed by atoms with van der Waals surface area (Å²) < 4.78 is 25.9. The van der Waals surface area contributed by atoms with E-state index in [1.807, 2.05) is 13.8 Å². The van der Waals surface area contributed by atoms with Crippen LogP contribution >= 0.6 is 0 Å². The van der Waals surface area contributed by atoms with Gasteiger partial charge in [0.05, 0.1) is 12.8 Å². The largest absolute Gasteiger partial charge is 0.392 e. The maximum absolute atomic E-state index is 12.3. The van der Waals surface area contributed by atoms with Crippen molar-refractivity contribution in [3.8, 4) is 0 Å². The number of aliphatic hydroxyl groups excluding tert-OH is 1. The standard InChI is InChI=1S/C10H19N3O3S/c1-4-13(6-8(2)3)17(15,16)10-9(7-14)5-11-12-10/h5,8,14H,4,6-7H2,1-3H3,(H,11,12). The second kappa shape index (κ2) is 5.61. The van der Waals surface area contributed by atoms with Crippen LogP contribution in [0.1, 0.15) is 26.3 Å². The monoisotopic (exact) mass is 261 g/mol. The van der Waals surface area contributed by atoms with Crippen molar-refractivity contribution in [3.05, 3.63) is 11.8 Å². The van der Waals surface area contributed by atoms with E-state index >= 15 is 0 Å². The van der Waals surface area contributed by atoms with E-state index in [1.54, 1.807) is 6.92 Å². The molecule has 0 amide bonds. The maximum Gasteiger partial charge on any atom is 0.260 e. The van der Waals surface area contributed by atoms with Crippen LogP contribution < -0.4 is 0 Å². The third-order valence-corrected chi connectivity index (χ3v) is 4.32. The Morgan fingerprint density at radius 3 is 2.65 bits per heavy atom. The normalized spacial score (nSPS) is 12.6. The minimum atomic E-state index is -3.59. The number of hydrogen-bond acceptors (Lipinski definition) is 4. The lowest BCUT2D eigenvalue weighted by atomic mass is 10.2. The molecule has 1 rings (SSSR count). The van der Waals surface area contributed by atoms with Crippen molar-refractivity contribution in [1.82, 2.24) is 14.5 Å². The lowest BCUT2D eigenvalue weighted by Crippen LogP contribution is -2.34. The van der Waals surface area contributed by atoms with Gasteiger partial charge in [0.1, 0.15) is 0 Å². The molecule has 2 N–H and O–H groups in total. The van der Waals surface area contributed by atoms with E-state index in [-0.39, 0.29) is 17.6 Å². The van der Waals surface area contributed by atoms with Crippen LogP contribution in [-0.4, -0.2) is 41.1 Å². The zero-order valence-electron chi connectivity index (χ0n) is 10.3. The highest BCUT2D eigenvalue weighted by atomic mass is 32.2. The van der Waals surface area contributed by atoms with Gasteiger partial charge in [-0.25, -0.2) is 8.42 Å². The third kappa shape index (κ3) is 3.05. The Balaban J connectivity index is 3.08. The van der Waals surface area contributed by atoms with Gasteiger partial charge >= 0.3 is 0 Å². The van der Waals surface area contributed by atoms with E-state index in [0.717, 1.165) is 0 Å². The molecule has 0 aliphatic carbocycles. The van der Waals surface area contributed by atoms with Crippen molar-refractivity contribution in [2.45, 2.75) is 32.4 Å². The summed E-state index contributed by atoms with van der Waals surface area (Å²) in [7, 11) is -3.59. The van der Waals surface area contributed by atoms with Crippen LogP contribution in [0.2, 0.25) is 0 Å². The first-order valence-corrected chi connectivity index (χ1v) is 7.00. The summed E-state index contributed by atoms with van der Waals surface area (Å²) in [6.07, 6.45) is 1.33. The molecule has 0 bridgehead atoms. The Labute approximate surface area is 102 Å². The average Bonchev–Trinajstić information content (AvgIpc) is 2.73. The van der Waals surface area contributed by atoms with Gasteiger partial charge in [-0.05, 0) is 5.92 Å². The van der Waals surface area contributed by atoms with Crippen molar-refractivity contribution in [1.29, 1.82) is 0 Å². The van der Waals surface area contributed by atoms with E-state index < -0.39 is 10.0 Å². The molecule has 17 heavy (non-hydrogen) atoms. The SMILES string of the molecule is CCN(CC(C)C)S(=O)(=O)c1[nH]ncc1CO. The Kier molecular flexibility index (Phi) is 4.67. The topological polar surface area (TPSA) is 86.3 Å². The van der Waals surface area contributed by atoms with E-state index in [2.05, 4.69) is 10.2 Å². The summed E-state index contributed by atoms with van der Waals surface area (Å²) >= 11 is 0. The second-order valence-electron chi connectivity index (χ2n) is 4.23. The number of hydrogen-bond donors (Lipinski definition) is 2. The first-order valence-electron chi connectivity index (χ1n) is 5.56. The van der Waals surface area contributed by atoms with Gasteiger partial charge in [-0.1, -0.05) is 20.8 Å². The first-order chi connectivity index (χ1) is 7.93. The second-order valence-corrected chi connectivity index (χ2v) is 6.11. The Bertz CT molecular complexity index is 453. The van der Waals surface area contributed by atoms with Crippen LogP contribution in [0.5, 0.6) is 0 Å². The summed E-state index contributed by atoms with van der Waals surface area (Å²) in [5.74, 6) is 0.241.